The third-order valence-corrected chi connectivity index (χ3v) is 1.56. The van der Waals surface area contributed by atoms with Crippen molar-refractivity contribution in [3.8, 4) is 0 Å². The van der Waals surface area contributed by atoms with Crippen LogP contribution in [0, 0.1) is 0 Å². The first kappa shape index (κ1) is 15.1. The Morgan fingerprint density at radius 1 is 1.27 bits per heavy atom. The summed E-state index contributed by atoms with van der Waals surface area (Å²) < 4.78 is 9.25. The summed E-state index contributed by atoms with van der Waals surface area (Å²) in [4.78, 5) is 21.7. The van der Waals surface area contributed by atoms with Crippen molar-refractivity contribution in [3.63, 3.8) is 0 Å². The molecule has 0 bridgehead atoms. The van der Waals surface area contributed by atoms with E-state index in [1.165, 1.54) is 19.2 Å². The topological polar surface area (TPSA) is 63.6 Å². The van der Waals surface area contributed by atoms with Crippen molar-refractivity contribution in [3.05, 3.63) is 35.4 Å². The van der Waals surface area contributed by atoms with Gasteiger partial charge in [-0.25, -0.2) is 9.59 Å². The van der Waals surface area contributed by atoms with Gasteiger partial charge in [-0.2, -0.15) is 0 Å². The third-order valence-electron chi connectivity index (χ3n) is 1.56. The van der Waals surface area contributed by atoms with Gasteiger partial charge in [0, 0.05) is 0 Å². The number of carbonyl (C=O) groups is 2. The van der Waals surface area contributed by atoms with Gasteiger partial charge in [0.15, 0.2) is 0 Å². The van der Waals surface area contributed by atoms with Gasteiger partial charge in [0.1, 0.15) is 0 Å². The van der Waals surface area contributed by atoms with Gasteiger partial charge in [-0.3, -0.25) is 0 Å². The Morgan fingerprint density at radius 2 is 1.73 bits per heavy atom. The zero-order valence-corrected chi connectivity index (χ0v) is 12.2. The number of esters is 1. The molecule has 0 saturated heterocycles. The number of carboxylic acids is 1. The second-order valence-electron chi connectivity index (χ2n) is 2.34. The van der Waals surface area contributed by atoms with Gasteiger partial charge < -0.3 is 9.84 Å². The van der Waals surface area contributed by atoms with E-state index in [0.717, 1.165) is 0 Å². The SMILES string of the molecule is COC(=O)c1ccccc1C(=O)O.[Cl][K]. The van der Waals surface area contributed by atoms with Crippen LogP contribution in [-0.4, -0.2) is 71.3 Å². The van der Waals surface area contributed by atoms with Crippen LogP contribution in [0.2, 0.25) is 0 Å². The molecule has 1 aromatic carbocycles. The Balaban J connectivity index is 0.000000921. The molecule has 0 aliphatic heterocycles. The standard InChI is InChI=1S/C9H8O4.ClH.K/c1-13-9(12)7-5-3-2-4-6(7)8(10)11;;/h2-5H,1H3,(H,10,11);1H;/q;;+1/p-1. The van der Waals surface area contributed by atoms with Crippen molar-refractivity contribution in [1.82, 2.24) is 0 Å². The Bertz CT molecular complexity index is 354. The maximum atomic E-state index is 11.1. The van der Waals surface area contributed by atoms with Crippen LogP contribution in [0.25, 0.3) is 0 Å². The van der Waals surface area contributed by atoms with Gasteiger partial charge >= 0.3 is 62.8 Å². The van der Waals surface area contributed by atoms with Crippen molar-refractivity contribution < 1.29 is 19.4 Å². The molecule has 0 saturated carbocycles. The molecule has 1 rings (SSSR count). The van der Waals surface area contributed by atoms with E-state index in [0.29, 0.717) is 47.1 Å². The van der Waals surface area contributed by atoms with E-state index in [1.54, 1.807) is 12.1 Å². The number of aromatic carboxylic acids is 1. The molecule has 6 heteroatoms. The number of hydrogen-bond donors (Lipinski definition) is 1. The van der Waals surface area contributed by atoms with Crippen LogP contribution in [0.1, 0.15) is 20.7 Å². The summed E-state index contributed by atoms with van der Waals surface area (Å²) in [5.41, 5.74) is 0.0202. The zero-order chi connectivity index (χ0) is 11.8. The van der Waals surface area contributed by atoms with E-state index in [9.17, 15) is 9.59 Å². The van der Waals surface area contributed by atoms with Gasteiger partial charge in [-0.05, 0) is 12.1 Å². The second kappa shape index (κ2) is 8.26. The van der Waals surface area contributed by atoms with Crippen molar-refractivity contribution in [2.24, 2.45) is 0 Å². The molecule has 0 aliphatic rings. The summed E-state index contributed by atoms with van der Waals surface area (Å²) in [7, 11) is 1.21. The van der Waals surface area contributed by atoms with Gasteiger partial charge in [0.25, 0.3) is 0 Å². The predicted molar refractivity (Wildman–Crippen MR) is 56.3 cm³/mol. The molecular weight excluding hydrogens is 247 g/mol. The molecule has 0 aliphatic carbocycles. The number of rotatable bonds is 2. The van der Waals surface area contributed by atoms with E-state index in [2.05, 4.69) is 4.74 Å². The van der Waals surface area contributed by atoms with Crippen LogP contribution >= 0.6 is 3.76 Å². The number of carbonyl (C=O) groups excluding carboxylic acids is 1. The van der Waals surface area contributed by atoms with Crippen LogP contribution < -0.4 is 0 Å². The first-order valence-electron chi connectivity index (χ1n) is 3.95. The average Bonchev–Trinajstić information content (AvgIpc) is 2.30. The van der Waals surface area contributed by atoms with Crippen molar-refractivity contribution in [1.29, 1.82) is 0 Å². The quantitative estimate of drug-likeness (QED) is 0.641. The molecule has 0 fully saturated rings. The molecule has 1 aromatic rings. The molecule has 76 valence electrons. The predicted octanol–water partition coefficient (Wildman–Crippen LogP) is 1.48. The van der Waals surface area contributed by atoms with Crippen molar-refractivity contribution in [2.75, 3.05) is 7.11 Å². The molecule has 0 aromatic heterocycles. The molecule has 1 N–H and O–H groups in total. The Morgan fingerprint density at radius 3 is 2.13 bits per heavy atom. The zero-order valence-electron chi connectivity index (χ0n) is 8.36. The Hall–Kier alpha value is 0.0864. The number of hydrogen-bond acceptors (Lipinski definition) is 3. The van der Waals surface area contributed by atoms with Gasteiger partial charge in [0.05, 0.1) is 18.2 Å². The molecular formula is C9H8ClKO4. The number of benzene rings is 1. The van der Waals surface area contributed by atoms with Gasteiger partial charge in [-0.15, -0.1) is 0 Å². The van der Waals surface area contributed by atoms with Crippen LogP contribution in [0.5, 0.6) is 0 Å². The fourth-order valence-corrected chi connectivity index (χ4v) is 0.958. The first-order chi connectivity index (χ1) is 7.16. The fourth-order valence-electron chi connectivity index (χ4n) is 0.958. The second-order valence-corrected chi connectivity index (χ2v) is 2.34. The first-order valence-corrected chi connectivity index (χ1v) is 8.25. The number of halogens is 1. The summed E-state index contributed by atoms with van der Waals surface area (Å²) in [6.07, 6.45) is 0. The van der Waals surface area contributed by atoms with Crippen LogP contribution in [-0.2, 0) is 4.74 Å². The molecule has 0 spiro atoms. The molecule has 0 heterocycles. The van der Waals surface area contributed by atoms with Crippen LogP contribution in [0.4, 0.5) is 0 Å². The average molecular weight is 255 g/mol. The maximum absolute atomic E-state index is 11.1. The fraction of sp³-hybridized carbons (Fsp3) is 0.111. The monoisotopic (exact) mass is 254 g/mol. The van der Waals surface area contributed by atoms with E-state index in [1.807, 2.05) is 0 Å². The minimum absolute atomic E-state index is 0.0469. The minimum atomic E-state index is -1.14. The molecule has 0 amide bonds. The Labute approximate surface area is 123 Å². The molecule has 0 atom stereocenters. The third kappa shape index (κ3) is 4.63. The molecule has 15 heavy (non-hydrogen) atoms. The van der Waals surface area contributed by atoms with E-state index in [-0.39, 0.29) is 11.1 Å². The Kier molecular flexibility index (Phi) is 8.31. The molecule has 0 unspecified atom stereocenters. The van der Waals surface area contributed by atoms with E-state index >= 15 is 0 Å². The summed E-state index contributed by atoms with van der Waals surface area (Å²) in [6.45, 7) is 0. The number of methoxy groups -OCH3 is 1. The summed E-state index contributed by atoms with van der Waals surface area (Å²) >= 11 is 0.535. The summed E-state index contributed by atoms with van der Waals surface area (Å²) in [6, 6.07) is 5.90. The van der Waals surface area contributed by atoms with Crippen molar-refractivity contribution in [2.45, 2.75) is 0 Å². The molecule has 0 radical (unpaired) electrons. The van der Waals surface area contributed by atoms with E-state index in [4.69, 9.17) is 8.87 Å². The van der Waals surface area contributed by atoms with Gasteiger partial charge in [0.2, 0.25) is 0 Å². The van der Waals surface area contributed by atoms with Crippen LogP contribution in [0.3, 0.4) is 0 Å². The molecule has 4 nitrogen and oxygen atoms in total. The van der Waals surface area contributed by atoms with E-state index < -0.39 is 11.9 Å². The summed E-state index contributed by atoms with van der Waals surface area (Å²) in [5.74, 6) is -1.78. The van der Waals surface area contributed by atoms with Crippen molar-refractivity contribution >= 4 is 62.8 Å². The number of ether oxygens (including phenoxy) is 1. The number of carboxylic acid groups (broad SMARTS) is 1. The van der Waals surface area contributed by atoms with Crippen LogP contribution in [0.15, 0.2) is 24.3 Å². The summed E-state index contributed by atoms with van der Waals surface area (Å²) in [5, 5.41) is 8.70. The van der Waals surface area contributed by atoms with Gasteiger partial charge in [-0.1, -0.05) is 12.1 Å². The normalized spacial score (nSPS) is 8.53.